The summed E-state index contributed by atoms with van der Waals surface area (Å²) >= 11 is 0. The number of nitrogens with one attached hydrogen (secondary N) is 1. The summed E-state index contributed by atoms with van der Waals surface area (Å²) in [6.07, 6.45) is 10.1. The Kier molecular flexibility index (Phi) is 3.37. The molecule has 0 atom stereocenters. The molecule has 0 radical (unpaired) electrons. The maximum atomic E-state index is 5.46. The lowest BCUT2D eigenvalue weighted by atomic mass is 9.89. The molecule has 0 aliphatic heterocycles. The van der Waals surface area contributed by atoms with Crippen LogP contribution in [0.5, 0.6) is 0 Å². The Morgan fingerprint density at radius 2 is 2.00 bits per heavy atom. The van der Waals surface area contributed by atoms with Gasteiger partial charge in [0.2, 0.25) is 0 Å². The molecule has 1 fully saturated rings. The van der Waals surface area contributed by atoms with Gasteiger partial charge < -0.3 is 11.1 Å². The van der Waals surface area contributed by atoms with Crippen molar-refractivity contribution in [3.63, 3.8) is 0 Å². The molecule has 3 N–H and O–H groups in total. The third-order valence-electron chi connectivity index (χ3n) is 2.97. The maximum Gasteiger partial charge on any atom is 0.144 e. The van der Waals surface area contributed by atoms with Crippen LogP contribution in [0, 0.1) is 5.92 Å². The van der Waals surface area contributed by atoms with Crippen LogP contribution in [0.1, 0.15) is 32.1 Å². The number of nitrogen functional groups attached to an aromatic ring is 1. The Morgan fingerprint density at radius 3 is 2.67 bits per heavy atom. The van der Waals surface area contributed by atoms with Crippen molar-refractivity contribution in [1.82, 2.24) is 9.97 Å². The van der Waals surface area contributed by atoms with Crippen LogP contribution in [0.25, 0.3) is 0 Å². The summed E-state index contributed by atoms with van der Waals surface area (Å²) in [7, 11) is 0. The van der Waals surface area contributed by atoms with E-state index in [4.69, 9.17) is 5.73 Å². The third-order valence-corrected chi connectivity index (χ3v) is 2.97. The molecule has 2 rings (SSSR count). The first-order chi connectivity index (χ1) is 7.34. The predicted octanol–water partition coefficient (Wildman–Crippen LogP) is 2.05. The van der Waals surface area contributed by atoms with Crippen LogP contribution in [-0.2, 0) is 0 Å². The van der Waals surface area contributed by atoms with Gasteiger partial charge in [0, 0.05) is 6.54 Å². The van der Waals surface area contributed by atoms with Crippen LogP contribution in [0.15, 0.2) is 12.4 Å². The van der Waals surface area contributed by atoms with Crippen molar-refractivity contribution in [1.29, 1.82) is 0 Å². The van der Waals surface area contributed by atoms with Crippen LogP contribution in [0.4, 0.5) is 11.6 Å². The van der Waals surface area contributed by atoms with Crippen molar-refractivity contribution in [2.45, 2.75) is 32.1 Å². The summed E-state index contributed by atoms with van der Waals surface area (Å²) in [5.74, 6) is 2.10. The first kappa shape index (κ1) is 10.2. The highest BCUT2D eigenvalue weighted by Gasteiger charge is 2.12. The summed E-state index contributed by atoms with van der Waals surface area (Å²) in [5.41, 5.74) is 5.46. The minimum atomic E-state index is 0.471. The standard InChI is InChI=1S/C11H18N4/c12-10-7-15-11(8-13-10)14-6-9-4-2-1-3-5-9/h7-9H,1-6H2,(H2,12,13)(H,14,15). The second-order valence-electron chi connectivity index (χ2n) is 4.21. The van der Waals surface area contributed by atoms with Crippen molar-refractivity contribution < 1.29 is 0 Å². The smallest absolute Gasteiger partial charge is 0.144 e. The Bertz CT molecular complexity index is 290. The van der Waals surface area contributed by atoms with Gasteiger partial charge in [0.05, 0.1) is 12.4 Å². The van der Waals surface area contributed by atoms with Gasteiger partial charge in [-0.15, -0.1) is 0 Å². The Labute approximate surface area is 90.3 Å². The molecule has 82 valence electrons. The normalized spacial score (nSPS) is 17.6. The van der Waals surface area contributed by atoms with E-state index in [1.165, 1.54) is 32.1 Å². The number of aromatic nitrogens is 2. The molecular weight excluding hydrogens is 188 g/mol. The van der Waals surface area contributed by atoms with Crippen LogP contribution >= 0.6 is 0 Å². The number of hydrogen-bond acceptors (Lipinski definition) is 4. The molecule has 0 amide bonds. The van der Waals surface area contributed by atoms with Gasteiger partial charge in [0.25, 0.3) is 0 Å². The second kappa shape index (κ2) is 4.96. The Balaban J connectivity index is 1.79. The largest absolute Gasteiger partial charge is 0.382 e. The fraction of sp³-hybridized carbons (Fsp3) is 0.636. The lowest BCUT2D eigenvalue weighted by Crippen LogP contribution is -2.17. The van der Waals surface area contributed by atoms with Crippen molar-refractivity contribution in [2.24, 2.45) is 5.92 Å². The monoisotopic (exact) mass is 206 g/mol. The van der Waals surface area contributed by atoms with Gasteiger partial charge in [-0.25, -0.2) is 9.97 Å². The van der Waals surface area contributed by atoms with Gasteiger partial charge in [0.15, 0.2) is 0 Å². The summed E-state index contributed by atoms with van der Waals surface area (Å²) in [6.45, 7) is 1.01. The fourth-order valence-corrected chi connectivity index (χ4v) is 2.07. The zero-order valence-electron chi connectivity index (χ0n) is 8.95. The maximum absolute atomic E-state index is 5.46. The van der Waals surface area contributed by atoms with Gasteiger partial charge in [-0.05, 0) is 18.8 Å². The molecule has 0 spiro atoms. The van der Waals surface area contributed by atoms with Crippen molar-refractivity contribution in [3.05, 3.63) is 12.4 Å². The number of hydrogen-bond donors (Lipinski definition) is 2. The van der Waals surface area contributed by atoms with E-state index >= 15 is 0 Å². The van der Waals surface area contributed by atoms with Gasteiger partial charge in [0.1, 0.15) is 11.6 Å². The highest BCUT2D eigenvalue weighted by atomic mass is 15.0. The lowest BCUT2D eigenvalue weighted by molar-refractivity contribution is 0.373. The van der Waals surface area contributed by atoms with E-state index in [-0.39, 0.29) is 0 Å². The summed E-state index contributed by atoms with van der Waals surface area (Å²) in [6, 6.07) is 0. The topological polar surface area (TPSA) is 63.8 Å². The van der Waals surface area contributed by atoms with Crippen LogP contribution in [0.2, 0.25) is 0 Å². The van der Waals surface area contributed by atoms with Gasteiger partial charge in [-0.1, -0.05) is 19.3 Å². The third kappa shape index (κ3) is 3.08. The Morgan fingerprint density at radius 1 is 1.20 bits per heavy atom. The summed E-state index contributed by atoms with van der Waals surface area (Å²) in [5, 5.41) is 3.31. The fourth-order valence-electron chi connectivity index (χ4n) is 2.07. The van der Waals surface area contributed by atoms with Crippen LogP contribution < -0.4 is 11.1 Å². The molecule has 15 heavy (non-hydrogen) atoms. The van der Waals surface area contributed by atoms with Crippen molar-refractivity contribution >= 4 is 11.6 Å². The van der Waals surface area contributed by atoms with E-state index in [1.807, 2.05) is 0 Å². The molecule has 1 aliphatic rings. The summed E-state index contributed by atoms with van der Waals surface area (Å²) < 4.78 is 0. The number of nitrogens with two attached hydrogens (primary N) is 1. The average Bonchev–Trinajstić information content (AvgIpc) is 2.30. The molecule has 0 saturated heterocycles. The number of nitrogens with zero attached hydrogens (tertiary/aromatic N) is 2. The minimum absolute atomic E-state index is 0.471. The Hall–Kier alpha value is -1.32. The van der Waals surface area contributed by atoms with Crippen LogP contribution in [-0.4, -0.2) is 16.5 Å². The molecule has 1 aromatic heterocycles. The average molecular weight is 206 g/mol. The molecule has 4 heteroatoms. The molecule has 0 aromatic carbocycles. The minimum Gasteiger partial charge on any atom is -0.382 e. The number of rotatable bonds is 3. The van der Waals surface area contributed by atoms with Crippen molar-refractivity contribution in [2.75, 3.05) is 17.6 Å². The molecule has 0 unspecified atom stereocenters. The van der Waals surface area contributed by atoms with E-state index in [1.54, 1.807) is 12.4 Å². The highest BCUT2D eigenvalue weighted by molar-refractivity contribution is 5.35. The van der Waals surface area contributed by atoms with E-state index in [9.17, 15) is 0 Å². The number of anilines is 2. The van der Waals surface area contributed by atoms with Gasteiger partial charge in [-0.2, -0.15) is 0 Å². The molecule has 1 aromatic rings. The summed E-state index contributed by atoms with van der Waals surface area (Å²) in [4.78, 5) is 8.16. The molecule has 1 saturated carbocycles. The zero-order chi connectivity index (χ0) is 10.5. The van der Waals surface area contributed by atoms with E-state index in [2.05, 4.69) is 15.3 Å². The first-order valence-electron chi connectivity index (χ1n) is 5.66. The molecule has 4 nitrogen and oxygen atoms in total. The van der Waals surface area contributed by atoms with Gasteiger partial charge in [-0.3, -0.25) is 0 Å². The molecule has 1 heterocycles. The highest BCUT2D eigenvalue weighted by Crippen LogP contribution is 2.23. The van der Waals surface area contributed by atoms with E-state index in [0.717, 1.165) is 18.3 Å². The molecule has 0 bridgehead atoms. The lowest BCUT2D eigenvalue weighted by Gasteiger charge is -2.21. The van der Waals surface area contributed by atoms with E-state index in [0.29, 0.717) is 5.82 Å². The molecular formula is C11H18N4. The first-order valence-corrected chi connectivity index (χ1v) is 5.66. The van der Waals surface area contributed by atoms with Gasteiger partial charge >= 0.3 is 0 Å². The zero-order valence-corrected chi connectivity index (χ0v) is 8.95. The molecule has 1 aliphatic carbocycles. The quantitative estimate of drug-likeness (QED) is 0.794. The van der Waals surface area contributed by atoms with Crippen molar-refractivity contribution in [3.8, 4) is 0 Å². The second-order valence-corrected chi connectivity index (χ2v) is 4.21. The van der Waals surface area contributed by atoms with E-state index < -0.39 is 0 Å². The van der Waals surface area contributed by atoms with Crippen LogP contribution in [0.3, 0.4) is 0 Å². The SMILES string of the molecule is Nc1cnc(NCC2CCCCC2)cn1. The predicted molar refractivity (Wildman–Crippen MR) is 61.5 cm³/mol.